The Morgan fingerprint density at radius 3 is 2.00 bits per heavy atom. The molecule has 0 saturated heterocycles. The highest BCUT2D eigenvalue weighted by Gasteiger charge is 2.11. The van der Waals surface area contributed by atoms with Crippen LogP contribution in [0, 0.1) is 18.3 Å². The number of halogens is 2. The molecule has 0 aliphatic heterocycles. The van der Waals surface area contributed by atoms with Gasteiger partial charge in [0, 0.05) is 21.7 Å². The van der Waals surface area contributed by atoms with Gasteiger partial charge < -0.3 is 16.0 Å². The molecular formula is C18H15Br2N7. The molecular weight excluding hydrogens is 474 g/mol. The Hall–Kier alpha value is -2.70. The van der Waals surface area contributed by atoms with E-state index < -0.39 is 0 Å². The Morgan fingerprint density at radius 2 is 1.44 bits per heavy atom. The Labute approximate surface area is 173 Å². The van der Waals surface area contributed by atoms with Gasteiger partial charge in [-0.1, -0.05) is 0 Å². The minimum Gasteiger partial charge on any atom is -0.357 e. The molecule has 0 unspecified atom stereocenters. The van der Waals surface area contributed by atoms with E-state index >= 15 is 0 Å². The highest BCUT2D eigenvalue weighted by molar-refractivity contribution is 9.11. The predicted octanol–water partition coefficient (Wildman–Crippen LogP) is 5.11. The molecule has 0 saturated carbocycles. The lowest BCUT2D eigenvalue weighted by Crippen LogP contribution is -2.07. The molecule has 3 N–H and O–H groups in total. The van der Waals surface area contributed by atoms with Crippen LogP contribution in [0.3, 0.4) is 0 Å². The second kappa shape index (κ2) is 8.33. The van der Waals surface area contributed by atoms with Crippen molar-refractivity contribution in [1.82, 2.24) is 15.0 Å². The van der Waals surface area contributed by atoms with E-state index in [1.807, 2.05) is 19.1 Å². The van der Waals surface area contributed by atoms with Crippen molar-refractivity contribution in [3.63, 3.8) is 0 Å². The average molecular weight is 489 g/mol. The van der Waals surface area contributed by atoms with Gasteiger partial charge in [-0.25, -0.2) is 0 Å². The lowest BCUT2D eigenvalue weighted by atomic mass is 10.2. The highest BCUT2D eigenvalue weighted by atomic mass is 79.9. The molecule has 2 aromatic carbocycles. The molecule has 0 bridgehead atoms. The van der Waals surface area contributed by atoms with Gasteiger partial charge in [0.2, 0.25) is 17.8 Å². The number of hydrogen-bond acceptors (Lipinski definition) is 7. The molecule has 3 aromatic rings. The Kier molecular flexibility index (Phi) is 5.88. The molecule has 0 aliphatic carbocycles. The van der Waals surface area contributed by atoms with Crippen molar-refractivity contribution in [3.8, 4) is 6.07 Å². The first-order valence-electron chi connectivity index (χ1n) is 7.92. The molecule has 0 radical (unpaired) electrons. The maximum absolute atomic E-state index is 8.90. The number of nitrogens with one attached hydrogen (secondary N) is 3. The first-order valence-corrected chi connectivity index (χ1v) is 9.51. The van der Waals surface area contributed by atoms with E-state index in [9.17, 15) is 0 Å². The van der Waals surface area contributed by atoms with Gasteiger partial charge in [0.05, 0.1) is 17.3 Å². The molecule has 0 fully saturated rings. The van der Waals surface area contributed by atoms with Gasteiger partial charge in [-0.2, -0.15) is 20.2 Å². The number of anilines is 5. The summed E-state index contributed by atoms with van der Waals surface area (Å²) in [5.74, 6) is 1.18. The van der Waals surface area contributed by atoms with Crippen LogP contribution < -0.4 is 16.0 Å². The number of aromatic nitrogens is 3. The molecule has 0 amide bonds. The van der Waals surface area contributed by atoms with Crippen LogP contribution in [0.25, 0.3) is 0 Å². The van der Waals surface area contributed by atoms with Crippen molar-refractivity contribution < 1.29 is 0 Å². The molecule has 27 heavy (non-hydrogen) atoms. The molecule has 0 aliphatic rings. The number of rotatable bonds is 5. The molecule has 9 heteroatoms. The average Bonchev–Trinajstić information content (AvgIpc) is 2.65. The summed E-state index contributed by atoms with van der Waals surface area (Å²) in [6.07, 6.45) is 0. The second-order valence-electron chi connectivity index (χ2n) is 5.60. The monoisotopic (exact) mass is 487 g/mol. The summed E-state index contributed by atoms with van der Waals surface area (Å²) in [4.78, 5) is 13.1. The lowest BCUT2D eigenvalue weighted by Gasteiger charge is -2.13. The Bertz CT molecular complexity index is 990. The van der Waals surface area contributed by atoms with Crippen LogP contribution >= 0.6 is 31.9 Å². The van der Waals surface area contributed by atoms with E-state index in [0.29, 0.717) is 23.4 Å². The number of hydrogen-bond donors (Lipinski definition) is 3. The van der Waals surface area contributed by atoms with Crippen LogP contribution in [-0.2, 0) is 0 Å². The van der Waals surface area contributed by atoms with Crippen molar-refractivity contribution in [3.05, 3.63) is 56.5 Å². The first-order chi connectivity index (χ1) is 13.0. The minimum absolute atomic E-state index is 0.376. The van der Waals surface area contributed by atoms with Gasteiger partial charge in [-0.05, 0) is 80.7 Å². The SMILES string of the molecule is CNc1nc(Nc2ccc(C#N)cc2)nc(Nc2c(Br)cc(C)cc2Br)n1. The minimum atomic E-state index is 0.376. The van der Waals surface area contributed by atoms with Crippen molar-refractivity contribution in [2.75, 3.05) is 23.0 Å². The molecule has 0 atom stereocenters. The van der Waals surface area contributed by atoms with Crippen LogP contribution in [0.2, 0.25) is 0 Å². The molecule has 1 heterocycles. The number of benzene rings is 2. The fraction of sp³-hybridized carbons (Fsp3) is 0.111. The Balaban J connectivity index is 1.90. The molecule has 136 valence electrons. The second-order valence-corrected chi connectivity index (χ2v) is 7.31. The summed E-state index contributed by atoms with van der Waals surface area (Å²) >= 11 is 7.11. The number of nitrogens with zero attached hydrogens (tertiary/aromatic N) is 4. The van der Waals surface area contributed by atoms with E-state index in [1.54, 1.807) is 31.3 Å². The van der Waals surface area contributed by atoms with Crippen LogP contribution in [0.15, 0.2) is 45.3 Å². The fourth-order valence-corrected chi connectivity index (χ4v) is 3.90. The highest BCUT2D eigenvalue weighted by Crippen LogP contribution is 2.34. The number of nitriles is 1. The summed E-state index contributed by atoms with van der Waals surface area (Å²) in [6, 6.07) is 13.1. The largest absolute Gasteiger partial charge is 0.357 e. The first kappa shape index (κ1) is 19.1. The smallest absolute Gasteiger partial charge is 0.233 e. The van der Waals surface area contributed by atoms with Crippen LogP contribution in [0.5, 0.6) is 0 Å². The van der Waals surface area contributed by atoms with Gasteiger partial charge in [0.1, 0.15) is 0 Å². The zero-order valence-corrected chi connectivity index (χ0v) is 17.7. The molecule has 7 nitrogen and oxygen atoms in total. The van der Waals surface area contributed by atoms with E-state index in [4.69, 9.17) is 5.26 Å². The fourth-order valence-electron chi connectivity index (χ4n) is 2.29. The number of aryl methyl sites for hydroxylation is 1. The van der Waals surface area contributed by atoms with Crippen LogP contribution in [0.4, 0.5) is 29.2 Å². The van der Waals surface area contributed by atoms with Crippen molar-refractivity contribution in [2.24, 2.45) is 0 Å². The predicted molar refractivity (Wildman–Crippen MR) is 114 cm³/mol. The van der Waals surface area contributed by atoms with Gasteiger partial charge in [0.15, 0.2) is 0 Å². The van der Waals surface area contributed by atoms with Gasteiger partial charge >= 0.3 is 0 Å². The molecule has 3 rings (SSSR count). The van der Waals surface area contributed by atoms with Crippen molar-refractivity contribution in [1.29, 1.82) is 5.26 Å². The topological polar surface area (TPSA) is 98.5 Å². The van der Waals surface area contributed by atoms with Gasteiger partial charge in [0.25, 0.3) is 0 Å². The third-order valence-electron chi connectivity index (χ3n) is 3.55. The summed E-state index contributed by atoms with van der Waals surface area (Å²) in [7, 11) is 1.74. The zero-order chi connectivity index (χ0) is 19.4. The van der Waals surface area contributed by atoms with E-state index in [-0.39, 0.29) is 0 Å². The van der Waals surface area contributed by atoms with E-state index in [1.165, 1.54) is 0 Å². The summed E-state index contributed by atoms with van der Waals surface area (Å²) < 4.78 is 1.78. The quantitative estimate of drug-likeness (QED) is 0.459. The van der Waals surface area contributed by atoms with Crippen LogP contribution in [0.1, 0.15) is 11.1 Å². The molecule has 1 aromatic heterocycles. The standard InChI is InChI=1S/C18H15Br2N7/c1-10-7-13(19)15(14(20)8-10)24-18-26-16(22-2)25-17(27-18)23-12-5-3-11(9-21)4-6-12/h3-8H,1-2H3,(H3,22,23,24,25,26,27). The van der Waals surface area contributed by atoms with Crippen LogP contribution in [-0.4, -0.2) is 22.0 Å². The maximum Gasteiger partial charge on any atom is 0.233 e. The zero-order valence-electron chi connectivity index (χ0n) is 14.5. The summed E-state index contributed by atoms with van der Waals surface area (Å²) in [5.41, 5.74) is 3.29. The third-order valence-corrected chi connectivity index (χ3v) is 4.80. The lowest BCUT2D eigenvalue weighted by molar-refractivity contribution is 1.06. The summed E-state index contributed by atoms with van der Waals surface area (Å²) in [6.45, 7) is 2.01. The third kappa shape index (κ3) is 4.72. The normalized spacial score (nSPS) is 10.2. The van der Waals surface area contributed by atoms with E-state index in [0.717, 1.165) is 25.9 Å². The summed E-state index contributed by atoms with van der Waals surface area (Å²) in [5, 5.41) is 18.2. The molecule has 0 spiro atoms. The van der Waals surface area contributed by atoms with Gasteiger partial charge in [-0.3, -0.25) is 0 Å². The van der Waals surface area contributed by atoms with Gasteiger partial charge in [-0.15, -0.1) is 0 Å². The van der Waals surface area contributed by atoms with Crippen molar-refractivity contribution in [2.45, 2.75) is 6.92 Å². The van der Waals surface area contributed by atoms with E-state index in [2.05, 4.69) is 68.8 Å². The van der Waals surface area contributed by atoms with Crippen molar-refractivity contribution >= 4 is 61.1 Å². The Morgan fingerprint density at radius 1 is 0.889 bits per heavy atom. The maximum atomic E-state index is 8.90.